The van der Waals surface area contributed by atoms with E-state index in [1.807, 2.05) is 41.9 Å². The molecule has 0 unspecified atom stereocenters. The summed E-state index contributed by atoms with van der Waals surface area (Å²) < 4.78 is 8.18. The maximum atomic E-state index is 12.2. The van der Waals surface area contributed by atoms with Crippen LogP contribution < -0.4 is 4.74 Å². The molecule has 0 bridgehead atoms. The molecule has 0 radical (unpaired) electrons. The van der Waals surface area contributed by atoms with Crippen LogP contribution in [0.25, 0.3) is 11.0 Å². The quantitative estimate of drug-likeness (QED) is 0.384. The molecule has 1 aromatic carbocycles. The Kier molecular flexibility index (Phi) is 6.30. The van der Waals surface area contributed by atoms with E-state index in [1.165, 1.54) is 23.1 Å². The molecule has 0 saturated carbocycles. The van der Waals surface area contributed by atoms with Crippen molar-refractivity contribution in [2.24, 2.45) is 7.05 Å². The van der Waals surface area contributed by atoms with Gasteiger partial charge in [0.25, 0.3) is 0 Å². The van der Waals surface area contributed by atoms with Crippen LogP contribution in [0.4, 0.5) is 0 Å². The molecule has 0 N–H and O–H groups in total. The third kappa shape index (κ3) is 3.99. The van der Waals surface area contributed by atoms with Crippen molar-refractivity contribution in [2.75, 3.05) is 12.9 Å². The number of halogens is 2. The second kappa shape index (κ2) is 7.83. The summed E-state index contributed by atoms with van der Waals surface area (Å²) in [5.41, 5.74) is 1.89. The molecule has 0 spiro atoms. The molecular formula is C15H14Br2N2O2S2. The SMILES string of the molecule is Br.COc1ccc2c(c1)nc(SCC(=O)c1ccc(Br)s1)n2C. The van der Waals surface area contributed by atoms with Gasteiger partial charge in [-0.15, -0.1) is 28.3 Å². The second-order valence-electron chi connectivity index (χ2n) is 4.62. The largest absolute Gasteiger partial charge is 0.497 e. The number of methoxy groups -OCH3 is 1. The Morgan fingerprint density at radius 1 is 1.39 bits per heavy atom. The number of carbonyl (C=O) groups excluding carboxylic acids is 1. The fourth-order valence-corrected chi connectivity index (χ4v) is 4.36. The Morgan fingerprint density at radius 3 is 2.83 bits per heavy atom. The van der Waals surface area contributed by atoms with Crippen molar-refractivity contribution < 1.29 is 9.53 Å². The number of rotatable bonds is 5. The lowest BCUT2D eigenvalue weighted by molar-refractivity contribution is 0.102. The summed E-state index contributed by atoms with van der Waals surface area (Å²) in [5.74, 6) is 1.27. The van der Waals surface area contributed by atoms with Crippen LogP contribution in [-0.4, -0.2) is 28.2 Å². The molecule has 3 rings (SSSR count). The molecule has 0 aliphatic rings. The van der Waals surface area contributed by atoms with Gasteiger partial charge in [0.1, 0.15) is 5.75 Å². The molecule has 8 heteroatoms. The summed E-state index contributed by atoms with van der Waals surface area (Å²) in [6.07, 6.45) is 0. The highest BCUT2D eigenvalue weighted by Crippen LogP contribution is 2.28. The molecule has 2 heterocycles. The molecule has 23 heavy (non-hydrogen) atoms. The van der Waals surface area contributed by atoms with Gasteiger partial charge in [0.2, 0.25) is 0 Å². The number of benzene rings is 1. The molecule has 0 aliphatic carbocycles. The maximum absolute atomic E-state index is 12.2. The number of imidazole rings is 1. The molecule has 0 fully saturated rings. The predicted octanol–water partition coefficient (Wildman–Crippen LogP) is 4.96. The van der Waals surface area contributed by atoms with Crippen molar-refractivity contribution in [3.05, 3.63) is 39.0 Å². The zero-order valence-corrected chi connectivity index (χ0v) is 17.3. The molecular weight excluding hydrogens is 464 g/mol. The molecule has 3 aromatic rings. The van der Waals surface area contributed by atoms with Crippen molar-refractivity contribution in [3.8, 4) is 5.75 Å². The lowest BCUT2D eigenvalue weighted by Gasteiger charge is -2.01. The topological polar surface area (TPSA) is 44.1 Å². The standard InChI is InChI=1S/C15H13BrN2O2S2.BrH/c1-18-11-4-3-9(20-2)7-10(11)17-15(18)21-8-12(19)13-5-6-14(16)22-13;/h3-7H,8H2,1-2H3;1H. The Balaban J connectivity index is 0.00000192. The first kappa shape index (κ1) is 18.5. The number of ketones is 1. The van der Waals surface area contributed by atoms with Crippen LogP contribution in [0.5, 0.6) is 5.75 Å². The number of aryl methyl sites for hydroxylation is 1. The van der Waals surface area contributed by atoms with Gasteiger partial charge >= 0.3 is 0 Å². The van der Waals surface area contributed by atoms with Crippen LogP contribution in [0.2, 0.25) is 0 Å². The number of ether oxygens (including phenoxy) is 1. The average molecular weight is 478 g/mol. The predicted molar refractivity (Wildman–Crippen MR) is 105 cm³/mol. The third-order valence-electron chi connectivity index (χ3n) is 3.23. The number of hydrogen-bond donors (Lipinski definition) is 0. The van der Waals surface area contributed by atoms with E-state index in [0.717, 1.165) is 30.6 Å². The second-order valence-corrected chi connectivity index (χ2v) is 8.03. The summed E-state index contributed by atoms with van der Waals surface area (Å²) in [6, 6.07) is 9.52. The van der Waals surface area contributed by atoms with Crippen LogP contribution in [0.1, 0.15) is 9.67 Å². The zero-order valence-electron chi connectivity index (χ0n) is 12.4. The summed E-state index contributed by atoms with van der Waals surface area (Å²) >= 11 is 6.28. The van der Waals surface area contributed by atoms with Gasteiger partial charge in [-0.2, -0.15) is 0 Å². The van der Waals surface area contributed by atoms with E-state index in [0.29, 0.717) is 5.75 Å². The number of fused-ring (bicyclic) bond motifs is 1. The maximum Gasteiger partial charge on any atom is 0.183 e. The number of aromatic nitrogens is 2. The van der Waals surface area contributed by atoms with Crippen molar-refractivity contribution >= 4 is 72.8 Å². The number of hydrogen-bond acceptors (Lipinski definition) is 5. The minimum absolute atomic E-state index is 0. The lowest BCUT2D eigenvalue weighted by Crippen LogP contribution is -2.01. The van der Waals surface area contributed by atoms with Crippen molar-refractivity contribution in [1.29, 1.82) is 0 Å². The van der Waals surface area contributed by atoms with Gasteiger partial charge in [-0.3, -0.25) is 4.79 Å². The first-order chi connectivity index (χ1) is 10.6. The number of thioether (sulfide) groups is 1. The van der Waals surface area contributed by atoms with E-state index in [1.54, 1.807) is 7.11 Å². The van der Waals surface area contributed by atoms with Gasteiger partial charge < -0.3 is 9.30 Å². The first-order valence-corrected chi connectivity index (χ1v) is 9.10. The minimum Gasteiger partial charge on any atom is -0.497 e. The Labute approximate surface area is 161 Å². The number of Topliss-reactive ketones (excluding diaryl/α,β-unsaturated/α-hetero) is 1. The van der Waals surface area contributed by atoms with Gasteiger partial charge in [-0.05, 0) is 40.2 Å². The third-order valence-corrected chi connectivity index (χ3v) is 5.92. The fraction of sp³-hybridized carbons (Fsp3) is 0.200. The van der Waals surface area contributed by atoms with Crippen LogP contribution >= 0.6 is 56.0 Å². The lowest BCUT2D eigenvalue weighted by atomic mass is 10.3. The summed E-state index contributed by atoms with van der Waals surface area (Å²) in [6.45, 7) is 0. The molecule has 0 saturated heterocycles. The van der Waals surface area contributed by atoms with Gasteiger partial charge in [-0.25, -0.2) is 4.98 Å². The normalized spacial score (nSPS) is 10.6. The highest BCUT2D eigenvalue weighted by Gasteiger charge is 2.13. The van der Waals surface area contributed by atoms with E-state index >= 15 is 0 Å². The van der Waals surface area contributed by atoms with E-state index in [4.69, 9.17) is 4.74 Å². The van der Waals surface area contributed by atoms with Crippen LogP contribution in [-0.2, 0) is 7.05 Å². The molecule has 4 nitrogen and oxygen atoms in total. The summed E-state index contributed by atoms with van der Waals surface area (Å²) in [7, 11) is 3.59. The minimum atomic E-state index is 0. The highest BCUT2D eigenvalue weighted by atomic mass is 79.9. The fourth-order valence-electron chi connectivity index (χ4n) is 2.08. The van der Waals surface area contributed by atoms with Gasteiger partial charge in [-0.1, -0.05) is 11.8 Å². The molecule has 0 amide bonds. The summed E-state index contributed by atoms with van der Waals surface area (Å²) in [5, 5.41) is 0.826. The van der Waals surface area contributed by atoms with Crippen molar-refractivity contribution in [3.63, 3.8) is 0 Å². The van der Waals surface area contributed by atoms with Crippen LogP contribution in [0, 0.1) is 0 Å². The van der Waals surface area contributed by atoms with Crippen LogP contribution in [0.15, 0.2) is 39.3 Å². The first-order valence-electron chi connectivity index (χ1n) is 6.50. The Hall–Kier alpha value is -0.830. The van der Waals surface area contributed by atoms with Crippen LogP contribution in [0.3, 0.4) is 0 Å². The smallest absolute Gasteiger partial charge is 0.183 e. The molecule has 2 aromatic heterocycles. The van der Waals surface area contributed by atoms with E-state index in [-0.39, 0.29) is 22.8 Å². The van der Waals surface area contributed by atoms with E-state index < -0.39 is 0 Å². The monoisotopic (exact) mass is 476 g/mol. The summed E-state index contributed by atoms with van der Waals surface area (Å²) in [4.78, 5) is 17.5. The molecule has 0 aliphatic heterocycles. The molecule has 0 atom stereocenters. The van der Waals surface area contributed by atoms with E-state index in [2.05, 4.69) is 20.9 Å². The number of thiophene rings is 1. The zero-order chi connectivity index (χ0) is 15.7. The Morgan fingerprint density at radius 2 is 2.17 bits per heavy atom. The average Bonchev–Trinajstić information content (AvgIpc) is 3.09. The Bertz CT molecular complexity index is 845. The van der Waals surface area contributed by atoms with Gasteiger partial charge in [0, 0.05) is 13.1 Å². The van der Waals surface area contributed by atoms with Gasteiger partial charge in [0.05, 0.1) is 32.6 Å². The highest BCUT2D eigenvalue weighted by molar-refractivity contribution is 9.11. The molecule has 122 valence electrons. The number of nitrogens with zero attached hydrogens (tertiary/aromatic N) is 2. The van der Waals surface area contributed by atoms with Gasteiger partial charge in [0.15, 0.2) is 10.9 Å². The van der Waals surface area contributed by atoms with E-state index in [9.17, 15) is 4.79 Å². The number of carbonyl (C=O) groups is 1. The van der Waals surface area contributed by atoms with Crippen molar-refractivity contribution in [1.82, 2.24) is 9.55 Å². The van der Waals surface area contributed by atoms with Crippen molar-refractivity contribution in [2.45, 2.75) is 5.16 Å².